The molecule has 1 aromatic carbocycles. The molecule has 8 heteroatoms. The monoisotopic (exact) mass is 367 g/mol. The van der Waals surface area contributed by atoms with Crippen molar-refractivity contribution in [3.8, 4) is 0 Å². The first-order valence-electron chi connectivity index (χ1n) is 6.23. The quantitative estimate of drug-likeness (QED) is 0.707. The maximum absolute atomic E-state index is 4.55. The zero-order valence-electron chi connectivity index (χ0n) is 11.1. The number of fused-ring (bicyclic) bond motifs is 1. The zero-order valence-corrected chi connectivity index (χ0v) is 13.8. The molecule has 1 N–H and O–H groups in total. The number of hydrogen-bond donors (Lipinski definition) is 1. The van der Waals surface area contributed by atoms with E-state index < -0.39 is 0 Å². The van der Waals surface area contributed by atoms with Gasteiger partial charge >= 0.3 is 17.1 Å². The zero-order chi connectivity index (χ0) is 14.1. The van der Waals surface area contributed by atoms with E-state index in [9.17, 15) is 0 Å². The van der Waals surface area contributed by atoms with Gasteiger partial charge in [0.25, 0.3) is 0 Å². The number of amidine groups is 2. The van der Waals surface area contributed by atoms with Crippen molar-refractivity contribution in [2.75, 3.05) is 0 Å². The van der Waals surface area contributed by atoms with Gasteiger partial charge in [-0.25, -0.2) is 20.0 Å². The van der Waals surface area contributed by atoms with E-state index in [4.69, 9.17) is 0 Å². The first-order valence-corrected chi connectivity index (χ1v) is 7.99. The van der Waals surface area contributed by atoms with E-state index in [0.29, 0.717) is 0 Å². The Kier molecular flexibility index (Phi) is 4.44. The molecular formula is C14H9FeN5S2+2. The molecule has 0 aliphatic carbocycles. The standard InChI is InChI=1S/C14H9N5S2.Fe/c1-2-4-10-9(3-1)11(18-13-15-5-7-20-13)17-12(10)19-14-16-6-8-21-14;/h1-8H,(H,15,16,17,18,19);/q;+2. The molecule has 2 aromatic heterocycles. The molecule has 0 unspecified atom stereocenters. The summed E-state index contributed by atoms with van der Waals surface area (Å²) in [6.07, 6.45) is 3.49. The first kappa shape index (κ1) is 15.1. The summed E-state index contributed by atoms with van der Waals surface area (Å²) < 4.78 is 0. The van der Waals surface area contributed by atoms with Gasteiger partial charge in [-0.2, -0.15) is 0 Å². The van der Waals surface area contributed by atoms with E-state index in [1.165, 1.54) is 22.7 Å². The molecule has 108 valence electrons. The fourth-order valence-corrected chi connectivity index (χ4v) is 3.07. The van der Waals surface area contributed by atoms with Crippen LogP contribution in [0.15, 0.2) is 57.4 Å². The Balaban J connectivity index is 0.00000144. The topological polar surface area (TPSA) is 62.5 Å². The largest absolute Gasteiger partial charge is 2.00 e. The predicted octanol–water partition coefficient (Wildman–Crippen LogP) is 3.36. The van der Waals surface area contributed by atoms with Gasteiger partial charge in [0.2, 0.25) is 10.3 Å². The fraction of sp³-hybridized carbons (Fsp3) is 0. The summed E-state index contributed by atoms with van der Waals surface area (Å²) in [7, 11) is 0. The Morgan fingerprint density at radius 1 is 0.818 bits per heavy atom. The van der Waals surface area contributed by atoms with Gasteiger partial charge in [0.05, 0.1) is 0 Å². The number of thiazole rings is 2. The average Bonchev–Trinajstić information content (AvgIpc) is 3.23. The van der Waals surface area contributed by atoms with E-state index in [1.807, 2.05) is 35.0 Å². The summed E-state index contributed by atoms with van der Waals surface area (Å²) in [6, 6.07) is 8.03. The average molecular weight is 367 g/mol. The van der Waals surface area contributed by atoms with Gasteiger partial charge < -0.3 is 5.32 Å². The summed E-state index contributed by atoms with van der Waals surface area (Å²) >= 11 is 3.00. The number of rotatable bonds is 2. The van der Waals surface area contributed by atoms with Gasteiger partial charge in [0.15, 0.2) is 0 Å². The molecule has 22 heavy (non-hydrogen) atoms. The summed E-state index contributed by atoms with van der Waals surface area (Å²) in [6.45, 7) is 0. The molecule has 5 nitrogen and oxygen atoms in total. The first-order chi connectivity index (χ1) is 10.4. The van der Waals surface area contributed by atoms with Crippen molar-refractivity contribution in [2.24, 2.45) is 9.98 Å². The van der Waals surface area contributed by atoms with Crippen LogP contribution in [0.5, 0.6) is 0 Å². The van der Waals surface area contributed by atoms with Crippen LogP contribution in [0.25, 0.3) is 0 Å². The number of nitrogens with one attached hydrogen (secondary N) is 1. The second kappa shape index (κ2) is 6.49. The second-order valence-electron chi connectivity index (χ2n) is 4.22. The predicted molar refractivity (Wildman–Crippen MR) is 86.2 cm³/mol. The van der Waals surface area contributed by atoms with Crippen LogP contribution in [0.2, 0.25) is 0 Å². The minimum Gasteiger partial charge on any atom is -0.324 e. The number of nitrogens with zero attached hydrogens (tertiary/aromatic N) is 4. The van der Waals surface area contributed by atoms with Gasteiger partial charge in [-0.05, 0) is 0 Å². The Bertz CT molecular complexity index is 756. The van der Waals surface area contributed by atoms with Crippen molar-refractivity contribution in [3.05, 3.63) is 58.5 Å². The molecule has 3 aromatic rings. The SMILES string of the molecule is [Fe+2].c1ccc2c(c1)C(=Nc1nccs1)NC2=Nc1nccs1. The Morgan fingerprint density at radius 3 is 1.73 bits per heavy atom. The molecule has 3 heterocycles. The molecule has 4 rings (SSSR count). The molecule has 0 saturated carbocycles. The van der Waals surface area contributed by atoms with Gasteiger partial charge in [0.1, 0.15) is 11.7 Å². The summed E-state index contributed by atoms with van der Waals surface area (Å²) in [5, 5.41) is 8.53. The Labute approximate surface area is 145 Å². The molecule has 0 radical (unpaired) electrons. The Morgan fingerprint density at radius 2 is 1.32 bits per heavy atom. The molecular weight excluding hydrogens is 358 g/mol. The second-order valence-corrected chi connectivity index (χ2v) is 5.97. The molecule has 0 atom stereocenters. The van der Waals surface area contributed by atoms with Crippen LogP contribution in [-0.2, 0) is 17.1 Å². The molecule has 0 saturated heterocycles. The van der Waals surface area contributed by atoms with E-state index in [2.05, 4.69) is 25.3 Å². The van der Waals surface area contributed by atoms with E-state index in [0.717, 1.165) is 33.1 Å². The van der Waals surface area contributed by atoms with Crippen molar-refractivity contribution in [1.29, 1.82) is 0 Å². The van der Waals surface area contributed by atoms with E-state index >= 15 is 0 Å². The van der Waals surface area contributed by atoms with Gasteiger partial charge in [0, 0.05) is 34.3 Å². The van der Waals surface area contributed by atoms with Crippen LogP contribution >= 0.6 is 22.7 Å². The summed E-state index contributed by atoms with van der Waals surface area (Å²) in [5.74, 6) is 1.55. The number of aliphatic imine (C=N–C) groups is 2. The maximum atomic E-state index is 4.55. The third kappa shape index (κ3) is 2.86. The van der Waals surface area contributed by atoms with Crippen molar-refractivity contribution < 1.29 is 17.1 Å². The van der Waals surface area contributed by atoms with E-state index in [-0.39, 0.29) is 17.1 Å². The number of aromatic nitrogens is 2. The van der Waals surface area contributed by atoms with Crippen LogP contribution < -0.4 is 5.32 Å². The molecule has 0 bridgehead atoms. The molecule has 0 fully saturated rings. The molecule has 0 spiro atoms. The van der Waals surface area contributed by atoms with Gasteiger partial charge in [-0.15, -0.1) is 22.7 Å². The molecule has 1 aliphatic rings. The van der Waals surface area contributed by atoms with Gasteiger partial charge in [-0.1, -0.05) is 24.3 Å². The minimum absolute atomic E-state index is 0. The normalized spacial score (nSPS) is 16.4. The maximum Gasteiger partial charge on any atom is 2.00 e. The smallest absolute Gasteiger partial charge is 0.324 e. The summed E-state index contributed by atoms with van der Waals surface area (Å²) in [4.78, 5) is 17.5. The minimum atomic E-state index is 0. The molecule has 1 aliphatic heterocycles. The summed E-state index contributed by atoms with van der Waals surface area (Å²) in [5.41, 5.74) is 2.06. The van der Waals surface area contributed by atoms with Crippen LogP contribution in [0.3, 0.4) is 0 Å². The van der Waals surface area contributed by atoms with Crippen LogP contribution in [0, 0.1) is 0 Å². The van der Waals surface area contributed by atoms with Gasteiger partial charge in [-0.3, -0.25) is 0 Å². The Hall–Kier alpha value is -1.86. The van der Waals surface area contributed by atoms with Crippen molar-refractivity contribution in [3.63, 3.8) is 0 Å². The third-order valence-electron chi connectivity index (χ3n) is 2.93. The third-order valence-corrected chi connectivity index (χ3v) is 4.26. The van der Waals surface area contributed by atoms with Crippen molar-refractivity contribution in [2.45, 2.75) is 0 Å². The number of hydrogen-bond acceptors (Lipinski definition) is 6. The fourth-order valence-electron chi connectivity index (χ4n) is 2.05. The number of benzene rings is 1. The van der Waals surface area contributed by atoms with Crippen LogP contribution in [0.1, 0.15) is 11.1 Å². The van der Waals surface area contributed by atoms with Crippen molar-refractivity contribution in [1.82, 2.24) is 15.3 Å². The van der Waals surface area contributed by atoms with E-state index in [1.54, 1.807) is 12.4 Å². The van der Waals surface area contributed by atoms with Crippen LogP contribution in [0.4, 0.5) is 10.3 Å². The molecule has 0 amide bonds. The van der Waals surface area contributed by atoms with Crippen LogP contribution in [-0.4, -0.2) is 21.6 Å². The van der Waals surface area contributed by atoms with Crippen molar-refractivity contribution >= 4 is 44.6 Å².